The molecule has 3 nitrogen and oxygen atoms in total. The molecule has 0 aromatic heterocycles. The molecule has 1 aromatic rings. The number of ether oxygens (including phenoxy) is 1. The molecule has 21 heavy (non-hydrogen) atoms. The summed E-state index contributed by atoms with van der Waals surface area (Å²) in [5.41, 5.74) is 1.25. The summed E-state index contributed by atoms with van der Waals surface area (Å²) in [5.74, 6) is 1.73. The Morgan fingerprint density at radius 1 is 1.19 bits per heavy atom. The average molecular weight is 290 g/mol. The second kappa shape index (κ2) is 8.93. The van der Waals surface area contributed by atoms with Crippen LogP contribution < -0.4 is 15.0 Å². The minimum atomic E-state index is 0.682. The van der Waals surface area contributed by atoms with Gasteiger partial charge in [-0.05, 0) is 24.5 Å². The highest BCUT2D eigenvalue weighted by atomic mass is 16.5. The van der Waals surface area contributed by atoms with Gasteiger partial charge in [0, 0.05) is 26.2 Å². The van der Waals surface area contributed by atoms with Crippen molar-refractivity contribution in [3.63, 3.8) is 0 Å². The highest BCUT2D eigenvalue weighted by Gasteiger charge is 2.15. The summed E-state index contributed by atoms with van der Waals surface area (Å²) >= 11 is 0. The third kappa shape index (κ3) is 4.92. The molecule has 0 bridgehead atoms. The van der Waals surface area contributed by atoms with Gasteiger partial charge in [0.2, 0.25) is 0 Å². The zero-order valence-electron chi connectivity index (χ0n) is 13.6. The van der Waals surface area contributed by atoms with E-state index >= 15 is 0 Å². The van der Waals surface area contributed by atoms with Crippen LogP contribution in [0.25, 0.3) is 0 Å². The zero-order chi connectivity index (χ0) is 14.9. The third-order valence-corrected chi connectivity index (χ3v) is 4.34. The number of para-hydroxylation sites is 2. The molecule has 0 amide bonds. The summed E-state index contributed by atoms with van der Waals surface area (Å²) in [6, 6.07) is 8.49. The first-order chi connectivity index (χ1) is 10.3. The molecule has 1 fully saturated rings. The maximum absolute atomic E-state index is 6.18. The van der Waals surface area contributed by atoms with E-state index in [1.54, 1.807) is 0 Å². The third-order valence-electron chi connectivity index (χ3n) is 4.34. The Morgan fingerprint density at radius 3 is 2.67 bits per heavy atom. The average Bonchev–Trinajstić information content (AvgIpc) is 2.56. The van der Waals surface area contributed by atoms with E-state index < -0.39 is 0 Å². The van der Waals surface area contributed by atoms with Crippen molar-refractivity contribution in [2.75, 3.05) is 37.7 Å². The molecule has 0 aliphatic carbocycles. The summed E-state index contributed by atoms with van der Waals surface area (Å²) in [6.45, 7) is 9.62. The van der Waals surface area contributed by atoms with Crippen LogP contribution in [0.1, 0.15) is 39.5 Å². The smallest absolute Gasteiger partial charge is 0.142 e. The molecule has 1 unspecified atom stereocenters. The van der Waals surface area contributed by atoms with Crippen LogP contribution in [0, 0.1) is 5.92 Å². The van der Waals surface area contributed by atoms with Crippen LogP contribution in [-0.4, -0.2) is 32.8 Å². The van der Waals surface area contributed by atoms with E-state index in [9.17, 15) is 0 Å². The van der Waals surface area contributed by atoms with Gasteiger partial charge in [0.1, 0.15) is 5.75 Å². The molecule has 1 aromatic carbocycles. The number of rotatable bonds is 8. The maximum atomic E-state index is 6.18. The van der Waals surface area contributed by atoms with E-state index in [4.69, 9.17) is 4.74 Å². The minimum absolute atomic E-state index is 0.682. The Bertz CT molecular complexity index is 402. The Balaban J connectivity index is 1.95. The van der Waals surface area contributed by atoms with Crippen molar-refractivity contribution in [1.29, 1.82) is 0 Å². The largest absolute Gasteiger partial charge is 0.491 e. The zero-order valence-corrected chi connectivity index (χ0v) is 13.6. The van der Waals surface area contributed by atoms with E-state index in [2.05, 4.69) is 48.3 Å². The number of hydrogen-bond donors (Lipinski definition) is 1. The number of benzene rings is 1. The highest BCUT2D eigenvalue weighted by Crippen LogP contribution is 2.29. The number of hydrogen-bond acceptors (Lipinski definition) is 3. The van der Waals surface area contributed by atoms with E-state index in [0.717, 1.165) is 38.5 Å². The molecule has 1 atom stereocenters. The number of nitrogens with zero attached hydrogens (tertiary/aromatic N) is 1. The van der Waals surface area contributed by atoms with Crippen LogP contribution in [0.2, 0.25) is 0 Å². The van der Waals surface area contributed by atoms with E-state index in [0.29, 0.717) is 5.92 Å². The maximum Gasteiger partial charge on any atom is 0.142 e. The first-order valence-electron chi connectivity index (χ1n) is 8.52. The van der Waals surface area contributed by atoms with E-state index in [1.165, 1.54) is 31.4 Å². The minimum Gasteiger partial charge on any atom is -0.491 e. The standard InChI is InChI=1S/C18H30N2O/c1-3-5-8-16(4-2)15-21-18-10-7-6-9-17(18)20-13-11-19-12-14-20/h6-7,9-10,16,19H,3-5,8,11-15H2,1-2H3. The van der Waals surface area contributed by atoms with E-state index in [-0.39, 0.29) is 0 Å². The van der Waals surface area contributed by atoms with Crippen LogP contribution in [-0.2, 0) is 0 Å². The number of piperazine rings is 1. The molecule has 1 saturated heterocycles. The van der Waals surface area contributed by atoms with Gasteiger partial charge in [0.25, 0.3) is 0 Å². The van der Waals surface area contributed by atoms with Crippen molar-refractivity contribution in [3.05, 3.63) is 24.3 Å². The first-order valence-corrected chi connectivity index (χ1v) is 8.52. The first kappa shape index (κ1) is 16.2. The molecule has 0 saturated carbocycles. The van der Waals surface area contributed by atoms with Gasteiger partial charge in [-0.25, -0.2) is 0 Å². The van der Waals surface area contributed by atoms with Gasteiger partial charge in [0.05, 0.1) is 12.3 Å². The molecule has 1 heterocycles. The molecule has 1 aliphatic heterocycles. The number of unbranched alkanes of at least 4 members (excludes halogenated alkanes) is 1. The lowest BCUT2D eigenvalue weighted by atomic mass is 10.0. The van der Waals surface area contributed by atoms with Gasteiger partial charge in [-0.1, -0.05) is 45.2 Å². The predicted molar refractivity (Wildman–Crippen MR) is 90.3 cm³/mol. The van der Waals surface area contributed by atoms with Gasteiger partial charge in [-0.3, -0.25) is 0 Å². The SMILES string of the molecule is CCCCC(CC)COc1ccccc1N1CCNCC1. The molecule has 118 valence electrons. The fraction of sp³-hybridized carbons (Fsp3) is 0.667. The molecule has 1 aliphatic rings. The molecule has 1 N–H and O–H groups in total. The molecular formula is C18H30N2O. The lowest BCUT2D eigenvalue weighted by Gasteiger charge is -2.31. The van der Waals surface area contributed by atoms with Gasteiger partial charge in [0.15, 0.2) is 0 Å². The lowest BCUT2D eigenvalue weighted by Crippen LogP contribution is -2.43. The quantitative estimate of drug-likeness (QED) is 0.790. The second-order valence-corrected chi connectivity index (χ2v) is 5.93. The fourth-order valence-electron chi connectivity index (χ4n) is 2.85. The van der Waals surface area contributed by atoms with Crippen molar-refractivity contribution in [3.8, 4) is 5.75 Å². The van der Waals surface area contributed by atoms with Gasteiger partial charge in [-0.15, -0.1) is 0 Å². The van der Waals surface area contributed by atoms with Crippen molar-refractivity contribution in [1.82, 2.24) is 5.32 Å². The second-order valence-electron chi connectivity index (χ2n) is 5.93. The van der Waals surface area contributed by atoms with Crippen molar-refractivity contribution in [2.45, 2.75) is 39.5 Å². The summed E-state index contributed by atoms with van der Waals surface area (Å²) in [5, 5.41) is 3.40. The number of anilines is 1. The molecule has 3 heteroatoms. The van der Waals surface area contributed by atoms with Crippen LogP contribution in [0.3, 0.4) is 0 Å². The summed E-state index contributed by atoms with van der Waals surface area (Å²) in [4.78, 5) is 2.43. The monoisotopic (exact) mass is 290 g/mol. The van der Waals surface area contributed by atoms with Crippen molar-refractivity contribution in [2.24, 2.45) is 5.92 Å². The van der Waals surface area contributed by atoms with Crippen LogP contribution >= 0.6 is 0 Å². The predicted octanol–water partition coefficient (Wildman–Crippen LogP) is 3.69. The lowest BCUT2D eigenvalue weighted by molar-refractivity contribution is 0.233. The Morgan fingerprint density at radius 2 is 1.95 bits per heavy atom. The fourth-order valence-corrected chi connectivity index (χ4v) is 2.85. The normalized spacial score (nSPS) is 16.8. The Hall–Kier alpha value is -1.22. The number of nitrogens with one attached hydrogen (secondary N) is 1. The van der Waals surface area contributed by atoms with Crippen molar-refractivity contribution < 1.29 is 4.74 Å². The van der Waals surface area contributed by atoms with Crippen molar-refractivity contribution >= 4 is 5.69 Å². The van der Waals surface area contributed by atoms with Gasteiger partial charge < -0.3 is 15.0 Å². The van der Waals surface area contributed by atoms with Crippen LogP contribution in [0.4, 0.5) is 5.69 Å². The Kier molecular flexibility index (Phi) is 6.87. The van der Waals surface area contributed by atoms with Gasteiger partial charge in [-0.2, -0.15) is 0 Å². The van der Waals surface area contributed by atoms with Crippen LogP contribution in [0.5, 0.6) is 5.75 Å². The van der Waals surface area contributed by atoms with Crippen LogP contribution in [0.15, 0.2) is 24.3 Å². The topological polar surface area (TPSA) is 24.5 Å². The molecule has 0 spiro atoms. The molecule has 0 radical (unpaired) electrons. The van der Waals surface area contributed by atoms with Gasteiger partial charge >= 0.3 is 0 Å². The summed E-state index contributed by atoms with van der Waals surface area (Å²) in [7, 11) is 0. The summed E-state index contributed by atoms with van der Waals surface area (Å²) in [6.07, 6.45) is 5.06. The van der Waals surface area contributed by atoms with E-state index in [1.807, 2.05) is 0 Å². The molecular weight excluding hydrogens is 260 g/mol. The molecule has 2 rings (SSSR count). The Labute approximate surface area is 129 Å². The highest BCUT2D eigenvalue weighted by molar-refractivity contribution is 5.58. The summed E-state index contributed by atoms with van der Waals surface area (Å²) < 4.78 is 6.18.